The van der Waals surface area contributed by atoms with E-state index < -0.39 is 6.10 Å². The molecular weight excluding hydrogens is 200 g/mol. The first-order valence-electron chi connectivity index (χ1n) is 4.41. The number of alkyl halides is 1. The van der Waals surface area contributed by atoms with Gasteiger partial charge in [0.1, 0.15) is 5.82 Å². The maximum atomic E-state index is 9.53. The molecule has 14 heavy (non-hydrogen) atoms. The molecule has 1 atom stereocenters. The number of hydrogen-bond acceptors (Lipinski definition) is 2. The van der Waals surface area contributed by atoms with Crippen LogP contribution in [0.15, 0.2) is 18.2 Å². The van der Waals surface area contributed by atoms with Crippen molar-refractivity contribution in [2.24, 2.45) is 0 Å². The Hall–Kier alpha value is -1.06. The first-order chi connectivity index (χ1) is 6.70. The number of fused-ring (bicyclic) bond motifs is 1. The summed E-state index contributed by atoms with van der Waals surface area (Å²) < 4.78 is 0. The van der Waals surface area contributed by atoms with Crippen LogP contribution in [0.4, 0.5) is 0 Å². The summed E-state index contributed by atoms with van der Waals surface area (Å²) in [6.07, 6.45) is -0.607. The summed E-state index contributed by atoms with van der Waals surface area (Å²) in [6.45, 7) is 1.90. The molecule has 1 heterocycles. The minimum Gasteiger partial charge on any atom is -0.387 e. The van der Waals surface area contributed by atoms with E-state index in [9.17, 15) is 5.11 Å². The Morgan fingerprint density at radius 1 is 1.57 bits per heavy atom. The van der Waals surface area contributed by atoms with Crippen molar-refractivity contribution in [3.63, 3.8) is 0 Å². The standard InChI is InChI=1S/C10H11ClN2O/c1-6-12-8-3-2-7(10(14)5-11)4-9(8)13-6/h2-4,10,14H,5H2,1H3,(H,12,13). The van der Waals surface area contributed by atoms with Crippen molar-refractivity contribution in [3.8, 4) is 0 Å². The lowest BCUT2D eigenvalue weighted by Gasteiger charge is -2.05. The van der Waals surface area contributed by atoms with E-state index in [1.165, 1.54) is 0 Å². The summed E-state index contributed by atoms with van der Waals surface area (Å²) in [5.74, 6) is 1.08. The maximum Gasteiger partial charge on any atom is 0.104 e. The van der Waals surface area contributed by atoms with Crippen molar-refractivity contribution >= 4 is 22.6 Å². The normalized spacial score (nSPS) is 13.4. The van der Waals surface area contributed by atoms with Crippen LogP contribution in [-0.4, -0.2) is 21.0 Å². The van der Waals surface area contributed by atoms with Gasteiger partial charge in [0.25, 0.3) is 0 Å². The number of halogens is 1. The lowest BCUT2D eigenvalue weighted by Crippen LogP contribution is -1.97. The molecule has 2 rings (SSSR count). The van der Waals surface area contributed by atoms with Crippen LogP contribution >= 0.6 is 11.6 Å². The third kappa shape index (κ3) is 1.61. The van der Waals surface area contributed by atoms with Crippen LogP contribution in [-0.2, 0) is 0 Å². The first-order valence-corrected chi connectivity index (χ1v) is 4.94. The highest BCUT2D eigenvalue weighted by Crippen LogP contribution is 2.19. The molecule has 3 nitrogen and oxygen atoms in total. The summed E-state index contributed by atoms with van der Waals surface area (Å²) >= 11 is 5.57. The van der Waals surface area contributed by atoms with Gasteiger partial charge in [0.15, 0.2) is 0 Å². The summed E-state index contributed by atoms with van der Waals surface area (Å²) in [7, 11) is 0. The van der Waals surface area contributed by atoms with E-state index in [2.05, 4.69) is 9.97 Å². The largest absolute Gasteiger partial charge is 0.387 e. The second-order valence-electron chi connectivity index (χ2n) is 3.27. The molecule has 0 saturated carbocycles. The van der Waals surface area contributed by atoms with E-state index in [1.54, 1.807) is 0 Å². The highest BCUT2D eigenvalue weighted by Gasteiger charge is 2.07. The van der Waals surface area contributed by atoms with Crippen LogP contribution < -0.4 is 0 Å². The molecule has 0 fully saturated rings. The lowest BCUT2D eigenvalue weighted by molar-refractivity contribution is 0.203. The summed E-state index contributed by atoms with van der Waals surface area (Å²) in [4.78, 5) is 7.38. The Morgan fingerprint density at radius 3 is 3.07 bits per heavy atom. The topological polar surface area (TPSA) is 48.9 Å². The zero-order chi connectivity index (χ0) is 10.1. The second-order valence-corrected chi connectivity index (χ2v) is 3.58. The molecule has 1 aromatic heterocycles. The molecular formula is C10H11ClN2O. The zero-order valence-electron chi connectivity index (χ0n) is 7.79. The van der Waals surface area contributed by atoms with Crippen LogP contribution in [0.1, 0.15) is 17.5 Å². The predicted molar refractivity (Wildman–Crippen MR) is 56.5 cm³/mol. The van der Waals surface area contributed by atoms with Crippen LogP contribution in [0, 0.1) is 6.92 Å². The van der Waals surface area contributed by atoms with E-state index in [4.69, 9.17) is 11.6 Å². The molecule has 2 aromatic rings. The number of nitrogens with one attached hydrogen (secondary N) is 1. The molecule has 0 spiro atoms. The molecule has 1 aromatic carbocycles. The number of benzene rings is 1. The van der Waals surface area contributed by atoms with Gasteiger partial charge in [-0.05, 0) is 24.6 Å². The van der Waals surface area contributed by atoms with Crippen LogP contribution in [0.5, 0.6) is 0 Å². The van der Waals surface area contributed by atoms with Crippen LogP contribution in [0.3, 0.4) is 0 Å². The second kappa shape index (κ2) is 3.59. The van der Waals surface area contributed by atoms with Gasteiger partial charge in [-0.2, -0.15) is 0 Å². The molecule has 0 amide bonds. The monoisotopic (exact) mass is 210 g/mol. The zero-order valence-corrected chi connectivity index (χ0v) is 8.54. The van der Waals surface area contributed by atoms with E-state index in [0.717, 1.165) is 22.4 Å². The van der Waals surface area contributed by atoms with Gasteiger partial charge in [-0.3, -0.25) is 0 Å². The SMILES string of the molecule is Cc1nc2ccc(C(O)CCl)cc2[nH]1. The van der Waals surface area contributed by atoms with Gasteiger partial charge in [-0.25, -0.2) is 4.98 Å². The summed E-state index contributed by atoms with van der Waals surface area (Å²) in [5, 5.41) is 9.53. The highest BCUT2D eigenvalue weighted by molar-refractivity contribution is 6.18. The number of nitrogens with zero attached hydrogens (tertiary/aromatic N) is 1. The fourth-order valence-corrected chi connectivity index (χ4v) is 1.63. The number of H-pyrrole nitrogens is 1. The van der Waals surface area contributed by atoms with E-state index in [0.29, 0.717) is 0 Å². The smallest absolute Gasteiger partial charge is 0.104 e. The molecule has 0 bridgehead atoms. The lowest BCUT2D eigenvalue weighted by atomic mass is 10.1. The fourth-order valence-electron chi connectivity index (χ4n) is 1.45. The Morgan fingerprint density at radius 2 is 2.36 bits per heavy atom. The number of aromatic amines is 1. The average molecular weight is 211 g/mol. The van der Waals surface area contributed by atoms with Gasteiger partial charge < -0.3 is 10.1 Å². The molecule has 0 aliphatic rings. The predicted octanol–water partition coefficient (Wildman–Crippen LogP) is 2.14. The highest BCUT2D eigenvalue weighted by atomic mass is 35.5. The minimum atomic E-state index is -0.607. The van der Waals surface area contributed by atoms with E-state index >= 15 is 0 Å². The van der Waals surface area contributed by atoms with Crippen LogP contribution in [0.25, 0.3) is 11.0 Å². The Bertz CT molecular complexity index is 452. The summed E-state index contributed by atoms with van der Waals surface area (Å²) in [5.41, 5.74) is 2.66. The van der Waals surface area contributed by atoms with Crippen molar-refractivity contribution in [2.45, 2.75) is 13.0 Å². The average Bonchev–Trinajstić information content (AvgIpc) is 2.55. The van der Waals surface area contributed by atoms with Gasteiger partial charge in [0.05, 0.1) is 23.0 Å². The summed E-state index contributed by atoms with van der Waals surface area (Å²) in [6, 6.07) is 5.60. The van der Waals surface area contributed by atoms with Crippen molar-refractivity contribution in [2.75, 3.05) is 5.88 Å². The Labute approximate surface area is 86.7 Å². The molecule has 4 heteroatoms. The minimum absolute atomic E-state index is 0.207. The van der Waals surface area contributed by atoms with Gasteiger partial charge in [0, 0.05) is 0 Å². The van der Waals surface area contributed by atoms with E-state index in [-0.39, 0.29) is 5.88 Å². The van der Waals surface area contributed by atoms with Gasteiger partial charge >= 0.3 is 0 Å². The molecule has 1 unspecified atom stereocenters. The number of aryl methyl sites for hydroxylation is 1. The van der Waals surface area contributed by atoms with Crippen molar-refractivity contribution in [1.82, 2.24) is 9.97 Å². The number of aliphatic hydroxyl groups excluding tert-OH is 1. The van der Waals surface area contributed by atoms with Crippen molar-refractivity contribution < 1.29 is 5.11 Å². The molecule has 74 valence electrons. The fraction of sp³-hybridized carbons (Fsp3) is 0.300. The molecule has 0 radical (unpaired) electrons. The number of hydrogen-bond donors (Lipinski definition) is 2. The molecule has 0 aliphatic heterocycles. The number of rotatable bonds is 2. The first kappa shape index (κ1) is 9.49. The maximum absolute atomic E-state index is 9.53. The van der Waals surface area contributed by atoms with Crippen LogP contribution in [0.2, 0.25) is 0 Å². The quantitative estimate of drug-likeness (QED) is 0.747. The Kier molecular flexibility index (Phi) is 2.44. The van der Waals surface area contributed by atoms with Gasteiger partial charge in [0.2, 0.25) is 0 Å². The Balaban J connectivity index is 2.50. The molecule has 0 saturated heterocycles. The number of aromatic nitrogens is 2. The van der Waals surface area contributed by atoms with Gasteiger partial charge in [-0.1, -0.05) is 6.07 Å². The third-order valence-corrected chi connectivity index (χ3v) is 2.45. The molecule has 0 aliphatic carbocycles. The van der Waals surface area contributed by atoms with Crippen molar-refractivity contribution in [1.29, 1.82) is 0 Å². The number of imidazole rings is 1. The third-order valence-electron chi connectivity index (χ3n) is 2.16. The van der Waals surface area contributed by atoms with E-state index in [1.807, 2.05) is 25.1 Å². The molecule has 2 N–H and O–H groups in total. The number of aliphatic hydroxyl groups is 1. The van der Waals surface area contributed by atoms with Gasteiger partial charge in [-0.15, -0.1) is 11.6 Å². The van der Waals surface area contributed by atoms with Crippen molar-refractivity contribution in [3.05, 3.63) is 29.6 Å².